The average molecular weight is 258 g/mol. The van der Waals surface area contributed by atoms with Crippen molar-refractivity contribution < 1.29 is 0 Å². The lowest BCUT2D eigenvalue weighted by molar-refractivity contribution is 0.364. The Morgan fingerprint density at radius 3 is 2.37 bits per heavy atom. The van der Waals surface area contributed by atoms with Crippen molar-refractivity contribution in [3.8, 4) is 0 Å². The van der Waals surface area contributed by atoms with Gasteiger partial charge >= 0.3 is 0 Å². The van der Waals surface area contributed by atoms with Gasteiger partial charge in [-0.3, -0.25) is 0 Å². The van der Waals surface area contributed by atoms with Gasteiger partial charge in [0.25, 0.3) is 0 Å². The molecule has 0 atom stereocenters. The van der Waals surface area contributed by atoms with Crippen LogP contribution >= 0.6 is 0 Å². The molecule has 2 aromatic heterocycles. The van der Waals surface area contributed by atoms with Gasteiger partial charge in [-0.25, -0.2) is 19.6 Å². The Morgan fingerprint density at radius 1 is 1.11 bits per heavy atom. The van der Waals surface area contributed by atoms with Crippen molar-refractivity contribution in [2.75, 3.05) is 18.0 Å². The van der Waals surface area contributed by atoms with Crippen molar-refractivity contribution in [3.63, 3.8) is 0 Å². The minimum atomic E-state index is 0.449. The Bertz CT molecular complexity index is 522. The summed E-state index contributed by atoms with van der Waals surface area (Å²) in [6.07, 6.45) is 5.51. The fourth-order valence-electron chi connectivity index (χ4n) is 2.59. The van der Waals surface area contributed by atoms with Crippen LogP contribution in [-0.2, 0) is 0 Å². The second-order valence-electron chi connectivity index (χ2n) is 5.04. The highest BCUT2D eigenvalue weighted by molar-refractivity contribution is 5.32. The van der Waals surface area contributed by atoms with E-state index >= 15 is 0 Å². The highest BCUT2D eigenvalue weighted by atomic mass is 15.3. The predicted molar refractivity (Wildman–Crippen MR) is 72.0 cm³/mol. The third-order valence-electron chi connectivity index (χ3n) is 3.53. The van der Waals surface area contributed by atoms with Crippen molar-refractivity contribution in [1.82, 2.24) is 24.7 Å². The van der Waals surface area contributed by atoms with Crippen LogP contribution in [0.15, 0.2) is 18.7 Å². The number of nitrogens with zero attached hydrogens (tertiary/aromatic N) is 6. The molecule has 0 unspecified atom stereocenters. The number of aryl methyl sites for hydroxylation is 2. The van der Waals surface area contributed by atoms with E-state index in [9.17, 15) is 0 Å². The van der Waals surface area contributed by atoms with E-state index in [-0.39, 0.29) is 0 Å². The first kappa shape index (κ1) is 12.1. The largest absolute Gasteiger partial charge is 0.341 e. The van der Waals surface area contributed by atoms with Crippen LogP contribution in [0, 0.1) is 13.8 Å². The first-order valence-electron chi connectivity index (χ1n) is 6.64. The topological polar surface area (TPSA) is 59.7 Å². The van der Waals surface area contributed by atoms with Gasteiger partial charge in [-0.1, -0.05) is 0 Å². The van der Waals surface area contributed by atoms with Gasteiger partial charge in [0.05, 0.1) is 6.04 Å². The van der Waals surface area contributed by atoms with E-state index in [1.807, 2.05) is 24.6 Å². The molecule has 19 heavy (non-hydrogen) atoms. The number of anilines is 1. The summed E-state index contributed by atoms with van der Waals surface area (Å²) in [6.45, 7) is 5.96. The Morgan fingerprint density at radius 2 is 1.79 bits per heavy atom. The van der Waals surface area contributed by atoms with Crippen molar-refractivity contribution in [1.29, 1.82) is 0 Å². The second kappa shape index (κ2) is 4.95. The molecule has 0 aliphatic carbocycles. The highest BCUT2D eigenvalue weighted by Gasteiger charge is 2.22. The normalized spacial score (nSPS) is 16.8. The highest BCUT2D eigenvalue weighted by Crippen LogP contribution is 2.23. The molecule has 0 aromatic carbocycles. The molecule has 2 aromatic rings. The van der Waals surface area contributed by atoms with Crippen molar-refractivity contribution in [3.05, 3.63) is 30.1 Å². The number of aromatic nitrogens is 5. The van der Waals surface area contributed by atoms with E-state index < -0.39 is 0 Å². The summed E-state index contributed by atoms with van der Waals surface area (Å²) in [6, 6.07) is 2.45. The standard InChI is InChI=1S/C13H18N6/c1-10-7-11(2)17-13(16-10)18-5-3-12(4-6-18)19-9-14-8-15-19/h7-9,12H,3-6H2,1-2H3. The molecule has 6 heteroatoms. The molecule has 3 rings (SSSR count). The van der Waals surface area contributed by atoms with Gasteiger partial charge in [-0.15, -0.1) is 0 Å². The molecule has 100 valence electrons. The van der Waals surface area contributed by atoms with E-state index in [0.29, 0.717) is 6.04 Å². The van der Waals surface area contributed by atoms with E-state index in [1.54, 1.807) is 12.7 Å². The minimum Gasteiger partial charge on any atom is -0.341 e. The Labute approximate surface area is 112 Å². The maximum absolute atomic E-state index is 4.53. The number of hydrogen-bond donors (Lipinski definition) is 0. The molecule has 0 N–H and O–H groups in total. The van der Waals surface area contributed by atoms with Crippen LogP contribution < -0.4 is 4.90 Å². The maximum atomic E-state index is 4.53. The van der Waals surface area contributed by atoms with Crippen molar-refractivity contribution >= 4 is 5.95 Å². The molecular weight excluding hydrogens is 240 g/mol. The average Bonchev–Trinajstić information content (AvgIpc) is 2.91. The van der Waals surface area contributed by atoms with Gasteiger partial charge in [-0.2, -0.15) is 5.10 Å². The van der Waals surface area contributed by atoms with E-state index in [4.69, 9.17) is 0 Å². The zero-order chi connectivity index (χ0) is 13.2. The summed E-state index contributed by atoms with van der Waals surface area (Å²) in [7, 11) is 0. The fraction of sp³-hybridized carbons (Fsp3) is 0.538. The molecule has 6 nitrogen and oxygen atoms in total. The zero-order valence-corrected chi connectivity index (χ0v) is 11.3. The van der Waals surface area contributed by atoms with Crippen LogP contribution in [-0.4, -0.2) is 37.8 Å². The van der Waals surface area contributed by atoms with E-state index in [1.165, 1.54) is 0 Å². The van der Waals surface area contributed by atoms with Crippen LogP contribution in [0.1, 0.15) is 30.3 Å². The van der Waals surface area contributed by atoms with Crippen LogP contribution in [0.4, 0.5) is 5.95 Å². The smallest absolute Gasteiger partial charge is 0.225 e. The quantitative estimate of drug-likeness (QED) is 0.817. The number of hydrogen-bond acceptors (Lipinski definition) is 5. The van der Waals surface area contributed by atoms with E-state index in [0.717, 1.165) is 43.3 Å². The van der Waals surface area contributed by atoms with Crippen LogP contribution in [0.3, 0.4) is 0 Å². The van der Waals surface area contributed by atoms with Gasteiger partial charge in [-0.05, 0) is 32.8 Å². The lowest BCUT2D eigenvalue weighted by Gasteiger charge is -2.32. The molecule has 1 aliphatic heterocycles. The number of rotatable bonds is 2. The summed E-state index contributed by atoms with van der Waals surface area (Å²) >= 11 is 0. The van der Waals surface area contributed by atoms with Gasteiger partial charge in [0, 0.05) is 24.5 Å². The zero-order valence-electron chi connectivity index (χ0n) is 11.3. The summed E-state index contributed by atoms with van der Waals surface area (Å²) in [5.74, 6) is 0.856. The fourth-order valence-corrected chi connectivity index (χ4v) is 2.59. The van der Waals surface area contributed by atoms with Gasteiger partial charge in [0.2, 0.25) is 5.95 Å². The molecule has 0 saturated carbocycles. The van der Waals surface area contributed by atoms with Crippen LogP contribution in [0.5, 0.6) is 0 Å². The second-order valence-corrected chi connectivity index (χ2v) is 5.04. The molecule has 0 amide bonds. The molecular formula is C13H18N6. The third kappa shape index (κ3) is 2.57. The summed E-state index contributed by atoms with van der Waals surface area (Å²) in [4.78, 5) is 15.3. The molecule has 1 aliphatic rings. The molecule has 0 spiro atoms. The molecule has 1 saturated heterocycles. The number of piperidine rings is 1. The maximum Gasteiger partial charge on any atom is 0.225 e. The Balaban J connectivity index is 1.70. The lowest BCUT2D eigenvalue weighted by Crippen LogP contribution is -2.36. The SMILES string of the molecule is Cc1cc(C)nc(N2CCC(n3cncn3)CC2)n1. The Kier molecular flexibility index (Phi) is 3.15. The monoisotopic (exact) mass is 258 g/mol. The summed E-state index contributed by atoms with van der Waals surface area (Å²) in [5.41, 5.74) is 2.06. The first-order valence-corrected chi connectivity index (χ1v) is 6.64. The molecule has 0 radical (unpaired) electrons. The van der Waals surface area contributed by atoms with Crippen molar-refractivity contribution in [2.45, 2.75) is 32.7 Å². The molecule has 1 fully saturated rings. The predicted octanol–water partition coefficient (Wildman–Crippen LogP) is 1.53. The summed E-state index contributed by atoms with van der Waals surface area (Å²) < 4.78 is 1.96. The molecule has 0 bridgehead atoms. The molecule has 3 heterocycles. The third-order valence-corrected chi connectivity index (χ3v) is 3.53. The van der Waals surface area contributed by atoms with Gasteiger partial charge in [0.1, 0.15) is 12.7 Å². The van der Waals surface area contributed by atoms with Crippen LogP contribution in [0.2, 0.25) is 0 Å². The van der Waals surface area contributed by atoms with Crippen molar-refractivity contribution in [2.24, 2.45) is 0 Å². The first-order chi connectivity index (χ1) is 9.22. The summed E-state index contributed by atoms with van der Waals surface area (Å²) in [5, 5.41) is 4.22. The van der Waals surface area contributed by atoms with Gasteiger partial charge in [0.15, 0.2) is 0 Å². The van der Waals surface area contributed by atoms with E-state index in [2.05, 4.69) is 25.0 Å². The van der Waals surface area contributed by atoms with Gasteiger partial charge < -0.3 is 4.90 Å². The Hall–Kier alpha value is -1.98. The van der Waals surface area contributed by atoms with Crippen LogP contribution in [0.25, 0.3) is 0 Å². The lowest BCUT2D eigenvalue weighted by atomic mass is 10.1. The minimum absolute atomic E-state index is 0.449.